The number of alkyl carbamates (subject to hydrolysis) is 1. The Labute approximate surface area is 207 Å². The second-order valence-electron chi connectivity index (χ2n) is 9.68. The molecule has 1 amide bonds. The molecule has 1 aliphatic rings. The van der Waals surface area contributed by atoms with Crippen molar-refractivity contribution in [2.75, 3.05) is 26.9 Å². The van der Waals surface area contributed by atoms with Crippen LogP contribution in [0.2, 0.25) is 0 Å². The van der Waals surface area contributed by atoms with Crippen molar-refractivity contribution in [3.05, 3.63) is 53.2 Å². The normalized spacial score (nSPS) is 19.0. The van der Waals surface area contributed by atoms with Gasteiger partial charge >= 0.3 is 12.1 Å². The number of aryl methyl sites for hydroxylation is 1. The van der Waals surface area contributed by atoms with Gasteiger partial charge in [-0.3, -0.25) is 4.79 Å². The van der Waals surface area contributed by atoms with Gasteiger partial charge in [-0.25, -0.2) is 9.78 Å². The number of hydrogen-bond acceptors (Lipinski definition) is 7. The maximum absolute atomic E-state index is 13.1. The first-order valence-corrected chi connectivity index (χ1v) is 12.0. The SMILES string of the molecule is CCOc1cccc([C@@H]2C[C@]2(C(=O)OC)c2cc(C)ccc2OCCCNC(=O)OC(C)(C)C)n1. The largest absolute Gasteiger partial charge is 0.493 e. The van der Waals surface area contributed by atoms with Gasteiger partial charge in [0.1, 0.15) is 16.8 Å². The third-order valence-electron chi connectivity index (χ3n) is 5.77. The molecule has 0 saturated heterocycles. The predicted molar refractivity (Wildman–Crippen MR) is 132 cm³/mol. The highest BCUT2D eigenvalue weighted by atomic mass is 16.6. The van der Waals surface area contributed by atoms with Crippen LogP contribution in [0, 0.1) is 6.92 Å². The molecule has 190 valence electrons. The molecule has 1 aromatic heterocycles. The van der Waals surface area contributed by atoms with Gasteiger partial charge in [0.25, 0.3) is 0 Å². The fourth-order valence-corrected chi connectivity index (χ4v) is 4.17. The van der Waals surface area contributed by atoms with E-state index in [9.17, 15) is 9.59 Å². The molecule has 0 bridgehead atoms. The first-order valence-electron chi connectivity index (χ1n) is 12.0. The third-order valence-corrected chi connectivity index (χ3v) is 5.77. The number of esters is 1. The van der Waals surface area contributed by atoms with E-state index in [1.165, 1.54) is 7.11 Å². The van der Waals surface area contributed by atoms with E-state index in [2.05, 4.69) is 10.3 Å². The van der Waals surface area contributed by atoms with Gasteiger partial charge in [-0.15, -0.1) is 0 Å². The molecule has 1 N–H and O–H groups in total. The second kappa shape index (κ2) is 11.0. The van der Waals surface area contributed by atoms with E-state index in [4.69, 9.17) is 18.9 Å². The Balaban J connectivity index is 1.75. The predicted octanol–water partition coefficient (Wildman–Crippen LogP) is 4.68. The highest BCUT2D eigenvalue weighted by Crippen LogP contribution is 2.62. The van der Waals surface area contributed by atoms with Crippen LogP contribution in [0.3, 0.4) is 0 Å². The molecule has 1 aliphatic carbocycles. The number of carbonyl (C=O) groups excluding carboxylic acids is 2. The minimum Gasteiger partial charge on any atom is -0.493 e. The minimum absolute atomic E-state index is 0.145. The van der Waals surface area contributed by atoms with E-state index in [0.717, 1.165) is 16.8 Å². The number of aromatic nitrogens is 1. The van der Waals surface area contributed by atoms with Crippen LogP contribution in [0.4, 0.5) is 4.79 Å². The monoisotopic (exact) mass is 484 g/mol. The standard InChI is InChI=1S/C27H36N2O6/c1-7-33-23-11-8-10-21(29-23)20-17-27(20,24(30)32-6)19-16-18(2)12-13-22(19)34-15-9-14-28-25(31)35-26(3,4)5/h8,10-13,16,20H,7,9,14-15,17H2,1-6H3,(H,28,31)/t20-,27-/m0/s1. The Morgan fingerprint density at radius 3 is 2.63 bits per heavy atom. The topological polar surface area (TPSA) is 96.0 Å². The molecule has 1 aromatic carbocycles. The number of rotatable bonds is 10. The highest BCUT2D eigenvalue weighted by Gasteiger charge is 2.64. The number of nitrogens with one attached hydrogen (secondary N) is 1. The zero-order valence-corrected chi connectivity index (χ0v) is 21.5. The van der Waals surface area contributed by atoms with Crippen LogP contribution in [0.25, 0.3) is 0 Å². The summed E-state index contributed by atoms with van der Waals surface area (Å²) in [6, 6.07) is 11.4. The molecule has 3 rings (SSSR count). The zero-order chi connectivity index (χ0) is 25.6. The van der Waals surface area contributed by atoms with Crippen LogP contribution in [0.5, 0.6) is 11.6 Å². The smallest absolute Gasteiger partial charge is 0.407 e. The van der Waals surface area contributed by atoms with Crippen LogP contribution in [0.15, 0.2) is 36.4 Å². The molecule has 35 heavy (non-hydrogen) atoms. The van der Waals surface area contributed by atoms with Gasteiger partial charge in [-0.1, -0.05) is 23.8 Å². The number of hydrogen-bond donors (Lipinski definition) is 1. The molecule has 0 spiro atoms. The molecule has 0 radical (unpaired) electrons. The Morgan fingerprint density at radius 2 is 1.94 bits per heavy atom. The summed E-state index contributed by atoms with van der Waals surface area (Å²) in [5.74, 6) is 0.706. The lowest BCUT2D eigenvalue weighted by Crippen LogP contribution is -2.33. The quantitative estimate of drug-likeness (QED) is 0.386. The van der Waals surface area contributed by atoms with Crippen molar-refractivity contribution >= 4 is 12.1 Å². The van der Waals surface area contributed by atoms with Crippen molar-refractivity contribution in [1.82, 2.24) is 10.3 Å². The van der Waals surface area contributed by atoms with E-state index in [1.807, 2.05) is 71.0 Å². The van der Waals surface area contributed by atoms with Gasteiger partial charge in [0, 0.05) is 29.8 Å². The van der Waals surface area contributed by atoms with Crippen molar-refractivity contribution in [1.29, 1.82) is 0 Å². The van der Waals surface area contributed by atoms with Crippen molar-refractivity contribution in [2.45, 2.75) is 64.4 Å². The van der Waals surface area contributed by atoms with Gasteiger partial charge < -0.3 is 24.3 Å². The van der Waals surface area contributed by atoms with Crippen molar-refractivity contribution in [3.8, 4) is 11.6 Å². The maximum Gasteiger partial charge on any atom is 0.407 e. The number of benzene rings is 1. The van der Waals surface area contributed by atoms with E-state index in [0.29, 0.717) is 44.2 Å². The van der Waals surface area contributed by atoms with Gasteiger partial charge in [-0.2, -0.15) is 0 Å². The Bertz CT molecular complexity index is 1050. The molecular formula is C27H36N2O6. The van der Waals surface area contributed by atoms with E-state index in [-0.39, 0.29) is 11.9 Å². The summed E-state index contributed by atoms with van der Waals surface area (Å²) < 4.78 is 22.2. The Morgan fingerprint density at radius 1 is 1.17 bits per heavy atom. The molecule has 8 nitrogen and oxygen atoms in total. The number of ether oxygens (including phenoxy) is 4. The summed E-state index contributed by atoms with van der Waals surface area (Å²) in [6.07, 6.45) is 0.697. The van der Waals surface area contributed by atoms with Gasteiger partial charge in [0.15, 0.2) is 0 Å². The lowest BCUT2D eigenvalue weighted by molar-refractivity contribution is -0.143. The summed E-state index contributed by atoms with van der Waals surface area (Å²) in [7, 11) is 1.40. The molecule has 1 saturated carbocycles. The number of pyridine rings is 1. The van der Waals surface area contributed by atoms with Crippen molar-refractivity contribution < 1.29 is 28.5 Å². The number of amides is 1. The van der Waals surface area contributed by atoms with E-state index in [1.54, 1.807) is 0 Å². The molecule has 1 fully saturated rings. The highest BCUT2D eigenvalue weighted by molar-refractivity contribution is 5.90. The van der Waals surface area contributed by atoms with E-state index >= 15 is 0 Å². The van der Waals surface area contributed by atoms with Crippen LogP contribution in [-0.2, 0) is 19.7 Å². The summed E-state index contributed by atoms with van der Waals surface area (Å²) in [6.45, 7) is 10.6. The van der Waals surface area contributed by atoms with E-state index < -0.39 is 17.1 Å². The summed E-state index contributed by atoms with van der Waals surface area (Å²) in [5.41, 5.74) is 1.18. The first kappa shape index (κ1) is 26.3. The molecule has 8 heteroatoms. The lowest BCUT2D eigenvalue weighted by Gasteiger charge is -2.21. The van der Waals surface area contributed by atoms with Gasteiger partial charge in [-0.05, 0) is 59.6 Å². The van der Waals surface area contributed by atoms with Crippen LogP contribution in [0.1, 0.15) is 63.3 Å². The summed E-state index contributed by atoms with van der Waals surface area (Å²) in [4.78, 5) is 29.6. The number of carbonyl (C=O) groups is 2. The first-order chi connectivity index (χ1) is 16.6. The molecule has 2 atom stereocenters. The van der Waals surface area contributed by atoms with Crippen LogP contribution >= 0.6 is 0 Å². The molecular weight excluding hydrogens is 448 g/mol. The Hall–Kier alpha value is -3.29. The van der Waals surface area contributed by atoms with Gasteiger partial charge in [0.05, 0.1) is 20.3 Å². The zero-order valence-electron chi connectivity index (χ0n) is 21.5. The number of methoxy groups -OCH3 is 1. The maximum atomic E-state index is 13.1. The average Bonchev–Trinajstić information content (AvgIpc) is 3.55. The van der Waals surface area contributed by atoms with Crippen molar-refractivity contribution in [2.24, 2.45) is 0 Å². The molecule has 0 aliphatic heterocycles. The fourth-order valence-electron chi connectivity index (χ4n) is 4.17. The van der Waals surface area contributed by atoms with Gasteiger partial charge in [0.2, 0.25) is 5.88 Å². The molecule has 0 unspecified atom stereocenters. The fraction of sp³-hybridized carbons (Fsp3) is 0.519. The van der Waals surface area contributed by atoms with Crippen molar-refractivity contribution in [3.63, 3.8) is 0 Å². The number of nitrogens with zero attached hydrogens (tertiary/aromatic N) is 1. The minimum atomic E-state index is -0.872. The van der Waals surface area contributed by atoms with Crippen LogP contribution < -0.4 is 14.8 Å². The summed E-state index contributed by atoms with van der Waals surface area (Å²) >= 11 is 0. The van der Waals surface area contributed by atoms with Crippen LogP contribution in [-0.4, -0.2) is 49.5 Å². The molecule has 1 heterocycles. The third kappa shape index (κ3) is 6.44. The molecule has 2 aromatic rings. The average molecular weight is 485 g/mol. The summed E-state index contributed by atoms with van der Waals surface area (Å²) in [5, 5.41) is 2.73. The Kier molecular flexibility index (Phi) is 8.25. The lowest BCUT2D eigenvalue weighted by atomic mass is 9.90. The second-order valence-corrected chi connectivity index (χ2v) is 9.68.